The SMILES string of the molecule is COc1cccc(C(=O)C(C)CC#N)n1. The van der Waals surface area contributed by atoms with Gasteiger partial charge in [-0.3, -0.25) is 4.79 Å². The van der Waals surface area contributed by atoms with Gasteiger partial charge in [-0.15, -0.1) is 0 Å². The van der Waals surface area contributed by atoms with Crippen LogP contribution in [0.5, 0.6) is 5.88 Å². The molecule has 0 saturated carbocycles. The molecule has 4 heteroatoms. The molecule has 0 spiro atoms. The number of pyridine rings is 1. The monoisotopic (exact) mass is 204 g/mol. The first-order chi connectivity index (χ1) is 7.19. The zero-order valence-corrected chi connectivity index (χ0v) is 8.73. The molecule has 0 bridgehead atoms. The third-order valence-corrected chi connectivity index (χ3v) is 2.03. The Kier molecular flexibility index (Phi) is 3.81. The topological polar surface area (TPSA) is 63.0 Å². The summed E-state index contributed by atoms with van der Waals surface area (Å²) in [5.41, 5.74) is 0.345. The van der Waals surface area contributed by atoms with E-state index < -0.39 is 0 Å². The molecule has 0 aromatic carbocycles. The average molecular weight is 204 g/mol. The molecular weight excluding hydrogens is 192 g/mol. The fraction of sp³-hybridized carbons (Fsp3) is 0.364. The van der Waals surface area contributed by atoms with Crippen LogP contribution >= 0.6 is 0 Å². The maximum absolute atomic E-state index is 11.7. The minimum atomic E-state index is -0.324. The number of carbonyl (C=O) groups is 1. The number of nitriles is 1. The molecule has 78 valence electrons. The Balaban J connectivity index is 2.87. The highest BCUT2D eigenvalue weighted by Gasteiger charge is 2.16. The molecule has 0 aliphatic carbocycles. The normalized spacial score (nSPS) is 11.5. The van der Waals surface area contributed by atoms with Crippen molar-refractivity contribution in [3.8, 4) is 11.9 Å². The van der Waals surface area contributed by atoms with Gasteiger partial charge in [0.15, 0.2) is 5.78 Å². The lowest BCUT2D eigenvalue weighted by Gasteiger charge is -2.06. The fourth-order valence-electron chi connectivity index (χ4n) is 1.15. The van der Waals surface area contributed by atoms with Gasteiger partial charge in [0.05, 0.1) is 13.2 Å². The minimum Gasteiger partial charge on any atom is -0.481 e. The van der Waals surface area contributed by atoms with E-state index in [0.29, 0.717) is 11.6 Å². The lowest BCUT2D eigenvalue weighted by Crippen LogP contribution is -2.12. The van der Waals surface area contributed by atoms with Crippen LogP contribution in [0.2, 0.25) is 0 Å². The standard InChI is InChI=1S/C11H12N2O2/c1-8(6-7-12)11(14)9-4-3-5-10(13-9)15-2/h3-5,8H,6H2,1-2H3. The molecule has 1 heterocycles. The van der Waals surface area contributed by atoms with Gasteiger partial charge in [-0.25, -0.2) is 4.98 Å². The van der Waals surface area contributed by atoms with Crippen LogP contribution in [0.15, 0.2) is 18.2 Å². The van der Waals surface area contributed by atoms with Crippen molar-refractivity contribution in [3.63, 3.8) is 0 Å². The van der Waals surface area contributed by atoms with Crippen molar-refractivity contribution in [2.24, 2.45) is 5.92 Å². The number of rotatable bonds is 4. The van der Waals surface area contributed by atoms with Crippen LogP contribution in [0.4, 0.5) is 0 Å². The molecule has 4 nitrogen and oxygen atoms in total. The molecule has 0 saturated heterocycles. The Bertz CT molecular complexity index is 396. The zero-order valence-electron chi connectivity index (χ0n) is 8.73. The van der Waals surface area contributed by atoms with E-state index in [9.17, 15) is 4.79 Å². The highest BCUT2D eigenvalue weighted by molar-refractivity contribution is 5.96. The summed E-state index contributed by atoms with van der Waals surface area (Å²) in [5.74, 6) is -0.0462. The van der Waals surface area contributed by atoms with E-state index in [-0.39, 0.29) is 18.1 Å². The lowest BCUT2D eigenvalue weighted by atomic mass is 10.0. The van der Waals surface area contributed by atoms with E-state index in [0.717, 1.165) is 0 Å². The Morgan fingerprint density at radius 1 is 1.67 bits per heavy atom. The Labute approximate surface area is 88.5 Å². The van der Waals surface area contributed by atoms with Gasteiger partial charge in [-0.05, 0) is 6.07 Å². The summed E-state index contributed by atoms with van der Waals surface area (Å²) in [6.45, 7) is 1.71. The summed E-state index contributed by atoms with van der Waals surface area (Å²) in [7, 11) is 1.50. The summed E-state index contributed by atoms with van der Waals surface area (Å²) in [6, 6.07) is 6.97. The summed E-state index contributed by atoms with van der Waals surface area (Å²) >= 11 is 0. The lowest BCUT2D eigenvalue weighted by molar-refractivity contribution is 0.0926. The molecule has 15 heavy (non-hydrogen) atoms. The molecule has 0 fully saturated rings. The predicted molar refractivity (Wildman–Crippen MR) is 54.5 cm³/mol. The van der Waals surface area contributed by atoms with E-state index in [1.165, 1.54) is 7.11 Å². The largest absolute Gasteiger partial charge is 0.481 e. The van der Waals surface area contributed by atoms with Crippen molar-refractivity contribution < 1.29 is 9.53 Å². The van der Waals surface area contributed by atoms with Gasteiger partial charge in [-0.2, -0.15) is 5.26 Å². The van der Waals surface area contributed by atoms with Crippen molar-refractivity contribution >= 4 is 5.78 Å². The second kappa shape index (κ2) is 5.11. The fourth-order valence-corrected chi connectivity index (χ4v) is 1.15. The summed E-state index contributed by atoms with van der Waals surface area (Å²) in [6.07, 6.45) is 0.206. The van der Waals surface area contributed by atoms with Crippen molar-refractivity contribution in [1.29, 1.82) is 5.26 Å². The maximum Gasteiger partial charge on any atom is 0.213 e. The van der Waals surface area contributed by atoms with Crippen LogP contribution in [0, 0.1) is 17.2 Å². The molecule has 0 aliphatic rings. The number of aromatic nitrogens is 1. The number of nitrogens with zero attached hydrogens (tertiary/aromatic N) is 2. The van der Waals surface area contributed by atoms with E-state index in [1.807, 2.05) is 6.07 Å². The van der Waals surface area contributed by atoms with Gasteiger partial charge in [0, 0.05) is 18.4 Å². The van der Waals surface area contributed by atoms with Gasteiger partial charge in [0.1, 0.15) is 5.69 Å². The number of methoxy groups -OCH3 is 1. The third kappa shape index (κ3) is 2.78. The molecule has 1 rings (SSSR count). The van der Waals surface area contributed by atoms with E-state index in [4.69, 9.17) is 10.00 Å². The number of hydrogen-bond acceptors (Lipinski definition) is 4. The molecule has 0 radical (unpaired) electrons. The highest BCUT2D eigenvalue weighted by Crippen LogP contribution is 2.13. The van der Waals surface area contributed by atoms with Crippen LogP contribution in [-0.2, 0) is 0 Å². The van der Waals surface area contributed by atoms with Crippen molar-refractivity contribution in [3.05, 3.63) is 23.9 Å². The van der Waals surface area contributed by atoms with Crippen LogP contribution < -0.4 is 4.74 Å². The van der Waals surface area contributed by atoms with Crippen LogP contribution in [0.1, 0.15) is 23.8 Å². The van der Waals surface area contributed by atoms with E-state index >= 15 is 0 Å². The van der Waals surface area contributed by atoms with Gasteiger partial charge < -0.3 is 4.74 Å². The zero-order chi connectivity index (χ0) is 11.3. The van der Waals surface area contributed by atoms with Gasteiger partial charge in [0.2, 0.25) is 5.88 Å². The number of Topliss-reactive ketones (excluding diaryl/α,β-unsaturated/α-hetero) is 1. The van der Waals surface area contributed by atoms with Crippen molar-refractivity contribution in [1.82, 2.24) is 4.98 Å². The Morgan fingerprint density at radius 3 is 3.00 bits per heavy atom. The second-order valence-corrected chi connectivity index (χ2v) is 3.19. The van der Waals surface area contributed by atoms with Gasteiger partial charge in [0.25, 0.3) is 0 Å². The van der Waals surface area contributed by atoms with Crippen LogP contribution in [0.25, 0.3) is 0 Å². The minimum absolute atomic E-state index is 0.129. The average Bonchev–Trinajstić information content (AvgIpc) is 2.28. The van der Waals surface area contributed by atoms with E-state index in [2.05, 4.69) is 4.98 Å². The molecule has 1 atom stereocenters. The molecule has 1 unspecified atom stereocenters. The first-order valence-electron chi connectivity index (χ1n) is 4.61. The second-order valence-electron chi connectivity index (χ2n) is 3.19. The first kappa shape index (κ1) is 11.2. The quantitative estimate of drug-likeness (QED) is 0.702. The van der Waals surface area contributed by atoms with Crippen LogP contribution in [0.3, 0.4) is 0 Å². The molecule has 1 aromatic rings. The highest BCUT2D eigenvalue weighted by atomic mass is 16.5. The van der Waals surface area contributed by atoms with Crippen molar-refractivity contribution in [2.45, 2.75) is 13.3 Å². The molecule has 0 aliphatic heterocycles. The number of ether oxygens (including phenoxy) is 1. The van der Waals surface area contributed by atoms with Crippen LogP contribution in [-0.4, -0.2) is 17.9 Å². The third-order valence-electron chi connectivity index (χ3n) is 2.03. The Hall–Kier alpha value is -1.89. The summed E-state index contributed by atoms with van der Waals surface area (Å²) in [4.78, 5) is 15.7. The summed E-state index contributed by atoms with van der Waals surface area (Å²) in [5, 5.41) is 8.49. The number of ketones is 1. The first-order valence-corrected chi connectivity index (χ1v) is 4.61. The van der Waals surface area contributed by atoms with Gasteiger partial charge in [-0.1, -0.05) is 13.0 Å². The number of hydrogen-bond donors (Lipinski definition) is 0. The summed E-state index contributed by atoms with van der Waals surface area (Å²) < 4.78 is 4.92. The number of carbonyl (C=O) groups excluding carboxylic acids is 1. The molecule has 1 aromatic heterocycles. The predicted octanol–water partition coefficient (Wildman–Crippen LogP) is 1.82. The smallest absolute Gasteiger partial charge is 0.213 e. The van der Waals surface area contributed by atoms with E-state index in [1.54, 1.807) is 25.1 Å². The molecule has 0 N–H and O–H groups in total. The Morgan fingerprint density at radius 2 is 2.40 bits per heavy atom. The molecular formula is C11H12N2O2. The van der Waals surface area contributed by atoms with Crippen molar-refractivity contribution in [2.75, 3.05) is 7.11 Å². The molecule has 0 amide bonds. The maximum atomic E-state index is 11.7. The van der Waals surface area contributed by atoms with Gasteiger partial charge >= 0.3 is 0 Å².